The van der Waals surface area contributed by atoms with E-state index in [9.17, 15) is 4.79 Å². The van der Waals surface area contributed by atoms with Crippen molar-refractivity contribution in [3.05, 3.63) is 63.7 Å². The van der Waals surface area contributed by atoms with E-state index in [1.165, 1.54) is 0 Å². The summed E-state index contributed by atoms with van der Waals surface area (Å²) < 4.78 is 6.66. The number of aldehydes is 1. The molecule has 0 N–H and O–H groups in total. The van der Waals surface area contributed by atoms with Crippen LogP contribution in [0.3, 0.4) is 0 Å². The number of halogens is 1. The molecule has 0 aliphatic heterocycles. The van der Waals surface area contributed by atoms with Crippen LogP contribution in [0.15, 0.2) is 54.6 Å². The zero-order valence-corrected chi connectivity index (χ0v) is 13.6. The summed E-state index contributed by atoms with van der Waals surface area (Å²) in [6.45, 7) is 0. The Hall–Kier alpha value is -1.88. The van der Waals surface area contributed by atoms with Crippen molar-refractivity contribution in [3.63, 3.8) is 0 Å². The van der Waals surface area contributed by atoms with Gasteiger partial charge < -0.3 is 4.74 Å². The average molecular weight is 388 g/mol. The van der Waals surface area contributed by atoms with E-state index < -0.39 is 0 Å². The zero-order chi connectivity index (χ0) is 14.8. The fourth-order valence-corrected chi connectivity index (χ4v) is 2.89. The molecule has 0 aliphatic rings. The third kappa shape index (κ3) is 2.53. The number of hydrogen-bond donors (Lipinski definition) is 0. The van der Waals surface area contributed by atoms with Crippen LogP contribution in [0.4, 0.5) is 0 Å². The van der Waals surface area contributed by atoms with Crippen LogP contribution in [0.2, 0.25) is 0 Å². The van der Waals surface area contributed by atoms with Crippen molar-refractivity contribution in [2.24, 2.45) is 0 Å². The largest absolute Gasteiger partial charge is 0.496 e. The Balaban J connectivity index is 2.36. The van der Waals surface area contributed by atoms with Gasteiger partial charge in [-0.15, -0.1) is 0 Å². The van der Waals surface area contributed by atoms with Gasteiger partial charge in [-0.3, -0.25) is 4.79 Å². The van der Waals surface area contributed by atoms with E-state index in [4.69, 9.17) is 4.74 Å². The van der Waals surface area contributed by atoms with Gasteiger partial charge in [-0.1, -0.05) is 36.4 Å². The monoisotopic (exact) mass is 388 g/mol. The molecule has 21 heavy (non-hydrogen) atoms. The first-order valence-corrected chi connectivity index (χ1v) is 7.63. The smallest absolute Gasteiger partial charge is 0.151 e. The molecule has 0 atom stereocenters. The maximum absolute atomic E-state index is 11.6. The molecule has 3 heteroatoms. The third-order valence-corrected chi connectivity index (χ3v) is 4.26. The molecule has 3 rings (SSSR count). The number of rotatable bonds is 3. The minimum atomic E-state index is 0.701. The molecule has 0 spiro atoms. The summed E-state index contributed by atoms with van der Waals surface area (Å²) in [4.78, 5) is 11.6. The van der Waals surface area contributed by atoms with Crippen molar-refractivity contribution in [3.8, 4) is 16.9 Å². The molecule has 0 amide bonds. The maximum atomic E-state index is 11.6. The molecule has 0 aromatic heterocycles. The Bertz CT molecular complexity index is 807. The zero-order valence-electron chi connectivity index (χ0n) is 11.5. The molecule has 0 saturated carbocycles. The first-order valence-electron chi connectivity index (χ1n) is 6.55. The highest BCUT2D eigenvalue weighted by Crippen LogP contribution is 2.36. The van der Waals surface area contributed by atoms with Crippen molar-refractivity contribution in [2.45, 2.75) is 0 Å². The molecule has 3 aromatic carbocycles. The normalized spacial score (nSPS) is 10.6. The van der Waals surface area contributed by atoms with Gasteiger partial charge in [0.15, 0.2) is 6.29 Å². The fraction of sp³-hybridized carbons (Fsp3) is 0.0556. The van der Waals surface area contributed by atoms with Crippen LogP contribution in [0.1, 0.15) is 10.4 Å². The standard InChI is InChI=1S/C18H13IO2/c1-21-18-10-16(12-6-8-13(19)9-7-12)17(11-20)14-4-2-3-5-15(14)18/h2-11H,1H3. The molecule has 0 bridgehead atoms. The van der Waals surface area contributed by atoms with Gasteiger partial charge in [-0.05, 0) is 57.3 Å². The Morgan fingerprint density at radius 2 is 1.67 bits per heavy atom. The lowest BCUT2D eigenvalue weighted by molar-refractivity contribution is 0.112. The number of fused-ring (bicyclic) bond motifs is 1. The van der Waals surface area contributed by atoms with Crippen LogP contribution in [0.25, 0.3) is 21.9 Å². The first-order chi connectivity index (χ1) is 10.2. The predicted molar refractivity (Wildman–Crippen MR) is 94.0 cm³/mol. The topological polar surface area (TPSA) is 26.3 Å². The molecular formula is C18H13IO2. The number of methoxy groups -OCH3 is 1. The van der Waals surface area contributed by atoms with Crippen molar-refractivity contribution >= 4 is 39.6 Å². The van der Waals surface area contributed by atoms with Gasteiger partial charge in [-0.2, -0.15) is 0 Å². The van der Waals surface area contributed by atoms with Gasteiger partial charge in [0.1, 0.15) is 5.75 Å². The van der Waals surface area contributed by atoms with Crippen LogP contribution in [0.5, 0.6) is 5.75 Å². The van der Waals surface area contributed by atoms with E-state index in [0.717, 1.165) is 37.5 Å². The highest BCUT2D eigenvalue weighted by atomic mass is 127. The second-order valence-electron chi connectivity index (χ2n) is 4.71. The van der Waals surface area contributed by atoms with Gasteiger partial charge in [0, 0.05) is 14.5 Å². The molecule has 0 aliphatic carbocycles. The van der Waals surface area contributed by atoms with Crippen molar-refractivity contribution < 1.29 is 9.53 Å². The summed E-state index contributed by atoms with van der Waals surface area (Å²) in [5.41, 5.74) is 2.62. The molecule has 0 unspecified atom stereocenters. The summed E-state index contributed by atoms with van der Waals surface area (Å²) >= 11 is 2.27. The number of ether oxygens (including phenoxy) is 1. The summed E-state index contributed by atoms with van der Waals surface area (Å²) in [5.74, 6) is 0.782. The van der Waals surface area contributed by atoms with Crippen LogP contribution in [-0.4, -0.2) is 13.4 Å². The summed E-state index contributed by atoms with van der Waals surface area (Å²) in [6, 6.07) is 17.9. The van der Waals surface area contributed by atoms with Gasteiger partial charge in [0.05, 0.1) is 7.11 Å². The lowest BCUT2D eigenvalue weighted by atomic mass is 9.94. The molecule has 0 radical (unpaired) electrons. The second-order valence-corrected chi connectivity index (χ2v) is 5.96. The molecule has 0 fully saturated rings. The maximum Gasteiger partial charge on any atom is 0.151 e. The second kappa shape index (κ2) is 5.85. The van der Waals surface area contributed by atoms with E-state index in [-0.39, 0.29) is 0 Å². The first kappa shape index (κ1) is 14.1. The Labute approximate surface area is 136 Å². The lowest BCUT2D eigenvalue weighted by Gasteiger charge is -2.13. The van der Waals surface area contributed by atoms with Gasteiger partial charge in [0.25, 0.3) is 0 Å². The van der Waals surface area contributed by atoms with Crippen LogP contribution in [-0.2, 0) is 0 Å². The summed E-state index contributed by atoms with van der Waals surface area (Å²) in [7, 11) is 1.65. The minimum absolute atomic E-state index is 0.701. The van der Waals surface area contributed by atoms with Crippen LogP contribution >= 0.6 is 22.6 Å². The highest BCUT2D eigenvalue weighted by molar-refractivity contribution is 14.1. The van der Waals surface area contributed by atoms with E-state index in [1.807, 2.05) is 54.6 Å². The Morgan fingerprint density at radius 3 is 2.29 bits per heavy atom. The Morgan fingerprint density at radius 1 is 1.00 bits per heavy atom. The van der Waals surface area contributed by atoms with Gasteiger partial charge >= 0.3 is 0 Å². The van der Waals surface area contributed by atoms with Crippen molar-refractivity contribution in [1.82, 2.24) is 0 Å². The van der Waals surface area contributed by atoms with Gasteiger partial charge in [0.2, 0.25) is 0 Å². The fourth-order valence-electron chi connectivity index (χ4n) is 2.53. The molecular weight excluding hydrogens is 375 g/mol. The highest BCUT2D eigenvalue weighted by Gasteiger charge is 2.13. The molecule has 2 nitrogen and oxygen atoms in total. The van der Waals surface area contributed by atoms with Crippen molar-refractivity contribution in [1.29, 1.82) is 0 Å². The summed E-state index contributed by atoms with van der Waals surface area (Å²) in [6.07, 6.45) is 0.926. The summed E-state index contributed by atoms with van der Waals surface area (Å²) in [5, 5.41) is 1.87. The lowest BCUT2D eigenvalue weighted by Crippen LogP contribution is -1.94. The van der Waals surface area contributed by atoms with Crippen LogP contribution in [0, 0.1) is 3.57 Å². The minimum Gasteiger partial charge on any atom is -0.496 e. The predicted octanol–water partition coefficient (Wildman–Crippen LogP) is 4.93. The molecule has 104 valence electrons. The molecule has 3 aromatic rings. The number of benzene rings is 3. The van der Waals surface area contributed by atoms with Crippen LogP contribution < -0.4 is 4.74 Å². The van der Waals surface area contributed by atoms with E-state index in [1.54, 1.807) is 7.11 Å². The Kier molecular flexibility index (Phi) is 3.92. The van der Waals surface area contributed by atoms with Gasteiger partial charge in [-0.25, -0.2) is 0 Å². The van der Waals surface area contributed by atoms with E-state index >= 15 is 0 Å². The third-order valence-electron chi connectivity index (χ3n) is 3.54. The van der Waals surface area contributed by atoms with E-state index in [0.29, 0.717) is 5.56 Å². The SMILES string of the molecule is COc1cc(-c2ccc(I)cc2)c(C=O)c2ccccc12. The number of hydrogen-bond acceptors (Lipinski definition) is 2. The number of carbonyl (C=O) groups is 1. The molecule has 0 saturated heterocycles. The number of carbonyl (C=O) groups excluding carboxylic acids is 1. The van der Waals surface area contributed by atoms with E-state index in [2.05, 4.69) is 22.6 Å². The molecule has 0 heterocycles. The van der Waals surface area contributed by atoms with Crippen molar-refractivity contribution in [2.75, 3.05) is 7.11 Å². The quantitative estimate of drug-likeness (QED) is 0.470. The average Bonchev–Trinajstić information content (AvgIpc) is 2.54.